The van der Waals surface area contributed by atoms with Crippen molar-refractivity contribution in [2.75, 3.05) is 0 Å². The molecule has 2 heteroatoms. The summed E-state index contributed by atoms with van der Waals surface area (Å²) in [4.78, 5) is 12.4. The summed E-state index contributed by atoms with van der Waals surface area (Å²) in [6.07, 6.45) is 7.13. The van der Waals surface area contributed by atoms with Gasteiger partial charge in [0.2, 0.25) is 0 Å². The van der Waals surface area contributed by atoms with Crippen LogP contribution < -0.4 is 0 Å². The van der Waals surface area contributed by atoms with Gasteiger partial charge in [-0.2, -0.15) is 0 Å². The molecular formula is C20H17ClO. The Balaban J connectivity index is 1.80. The first kappa shape index (κ1) is 12.9. The van der Waals surface area contributed by atoms with E-state index in [0.29, 0.717) is 18.1 Å². The summed E-state index contributed by atoms with van der Waals surface area (Å²) in [6.45, 7) is 0. The fourth-order valence-electron chi connectivity index (χ4n) is 5.09. The molecule has 0 amide bonds. The van der Waals surface area contributed by atoms with Gasteiger partial charge in [0.25, 0.3) is 0 Å². The molecule has 2 aromatic rings. The standard InChI is InChI=1S/C20H17ClO/c21-19-3-1-2-13-9-18-14(8-17(13)19)7-16(22)11-20(18)10-12-4-5-15(20)6-12/h1-4,8-9,15H,5-7,10-11H2. The lowest BCUT2D eigenvalue weighted by Gasteiger charge is -2.41. The molecule has 5 rings (SSSR count). The SMILES string of the molecule is O=C1Cc2cc3c(Cl)cccc3cc2C2(C1)CC1=CCC2C1. The average molecular weight is 309 g/mol. The van der Waals surface area contributed by atoms with Gasteiger partial charge in [-0.1, -0.05) is 41.4 Å². The zero-order valence-electron chi connectivity index (χ0n) is 12.4. The zero-order chi connectivity index (χ0) is 14.9. The highest BCUT2D eigenvalue weighted by Crippen LogP contribution is 2.58. The monoisotopic (exact) mass is 308 g/mol. The molecule has 22 heavy (non-hydrogen) atoms. The minimum absolute atomic E-state index is 0.0747. The Morgan fingerprint density at radius 1 is 1.18 bits per heavy atom. The summed E-state index contributed by atoms with van der Waals surface area (Å²) in [5.41, 5.74) is 4.28. The topological polar surface area (TPSA) is 17.1 Å². The average Bonchev–Trinajstić information content (AvgIpc) is 3.08. The molecule has 2 aromatic carbocycles. The maximum atomic E-state index is 12.4. The van der Waals surface area contributed by atoms with Crippen LogP contribution in [-0.4, -0.2) is 5.78 Å². The molecule has 2 unspecified atom stereocenters. The Labute approximate surface area is 135 Å². The highest BCUT2D eigenvalue weighted by Gasteiger charge is 2.51. The quantitative estimate of drug-likeness (QED) is 0.627. The van der Waals surface area contributed by atoms with Crippen molar-refractivity contribution in [3.63, 3.8) is 0 Å². The van der Waals surface area contributed by atoms with Gasteiger partial charge in [0.15, 0.2) is 0 Å². The highest BCUT2D eigenvalue weighted by molar-refractivity contribution is 6.35. The van der Waals surface area contributed by atoms with E-state index in [-0.39, 0.29) is 5.41 Å². The molecule has 1 nitrogen and oxygen atoms in total. The summed E-state index contributed by atoms with van der Waals surface area (Å²) in [5.74, 6) is 1.02. The Morgan fingerprint density at radius 3 is 2.86 bits per heavy atom. The van der Waals surface area contributed by atoms with Gasteiger partial charge >= 0.3 is 0 Å². The third-order valence-corrected chi connectivity index (χ3v) is 6.34. The van der Waals surface area contributed by atoms with Crippen LogP contribution in [0.25, 0.3) is 10.8 Å². The van der Waals surface area contributed by atoms with Crippen molar-refractivity contribution in [2.45, 2.75) is 37.5 Å². The molecule has 2 bridgehead atoms. The molecule has 0 aromatic heterocycles. The molecule has 0 radical (unpaired) electrons. The second-order valence-corrected chi connectivity index (χ2v) is 7.60. The van der Waals surface area contributed by atoms with Gasteiger partial charge < -0.3 is 0 Å². The van der Waals surface area contributed by atoms with Crippen LogP contribution in [0.5, 0.6) is 0 Å². The summed E-state index contributed by atoms with van der Waals surface area (Å²) >= 11 is 6.36. The minimum Gasteiger partial charge on any atom is -0.299 e. The first-order chi connectivity index (χ1) is 10.7. The maximum absolute atomic E-state index is 12.4. The van der Waals surface area contributed by atoms with Crippen molar-refractivity contribution in [1.82, 2.24) is 0 Å². The lowest BCUT2D eigenvalue weighted by atomic mass is 9.62. The summed E-state index contributed by atoms with van der Waals surface area (Å²) in [5, 5.41) is 3.06. The van der Waals surface area contributed by atoms with Crippen LogP contribution in [0.15, 0.2) is 42.0 Å². The molecule has 1 saturated carbocycles. The number of carbonyl (C=O) groups is 1. The van der Waals surface area contributed by atoms with E-state index in [2.05, 4.69) is 24.3 Å². The molecule has 0 saturated heterocycles. The minimum atomic E-state index is 0.0747. The normalized spacial score (nSPS) is 29.2. The second-order valence-electron chi connectivity index (χ2n) is 7.19. The second kappa shape index (κ2) is 4.23. The Morgan fingerprint density at radius 2 is 2.09 bits per heavy atom. The first-order valence-corrected chi connectivity index (χ1v) is 8.45. The molecule has 1 fully saturated rings. The van der Waals surface area contributed by atoms with Gasteiger partial charge in [-0.15, -0.1) is 0 Å². The highest BCUT2D eigenvalue weighted by atomic mass is 35.5. The van der Waals surface area contributed by atoms with E-state index in [1.165, 1.54) is 22.9 Å². The fourth-order valence-corrected chi connectivity index (χ4v) is 5.33. The Bertz CT molecular complexity index is 863. The van der Waals surface area contributed by atoms with Gasteiger partial charge in [0, 0.05) is 28.7 Å². The number of carbonyl (C=O) groups excluding carboxylic acids is 1. The van der Waals surface area contributed by atoms with Gasteiger partial charge in [-0.05, 0) is 53.8 Å². The van der Waals surface area contributed by atoms with Crippen LogP contribution in [-0.2, 0) is 16.6 Å². The van der Waals surface area contributed by atoms with Crippen LogP contribution in [0.4, 0.5) is 0 Å². The molecule has 3 aliphatic rings. The fraction of sp³-hybridized carbons (Fsp3) is 0.350. The number of fused-ring (bicyclic) bond motifs is 6. The zero-order valence-corrected chi connectivity index (χ0v) is 13.1. The number of hydrogen-bond donors (Lipinski definition) is 0. The Hall–Kier alpha value is -1.60. The summed E-state index contributed by atoms with van der Waals surface area (Å²) < 4.78 is 0. The molecule has 2 atom stereocenters. The van der Waals surface area contributed by atoms with E-state index in [1.54, 1.807) is 5.57 Å². The molecule has 1 spiro atoms. The van der Waals surface area contributed by atoms with E-state index in [4.69, 9.17) is 11.6 Å². The number of hydrogen-bond acceptors (Lipinski definition) is 1. The van der Waals surface area contributed by atoms with Crippen molar-refractivity contribution in [2.24, 2.45) is 5.92 Å². The van der Waals surface area contributed by atoms with Crippen molar-refractivity contribution in [1.29, 1.82) is 0 Å². The third-order valence-electron chi connectivity index (χ3n) is 6.01. The van der Waals surface area contributed by atoms with Crippen molar-refractivity contribution in [3.05, 3.63) is 58.1 Å². The Kier molecular flexibility index (Phi) is 2.48. The molecule has 3 aliphatic carbocycles. The van der Waals surface area contributed by atoms with Gasteiger partial charge in [0.1, 0.15) is 5.78 Å². The maximum Gasteiger partial charge on any atom is 0.138 e. The molecule has 0 aliphatic heterocycles. The summed E-state index contributed by atoms with van der Waals surface area (Å²) in [7, 11) is 0. The lowest BCUT2D eigenvalue weighted by Crippen LogP contribution is -2.39. The van der Waals surface area contributed by atoms with E-state index in [1.807, 2.05) is 12.1 Å². The number of benzene rings is 2. The number of halogens is 1. The lowest BCUT2D eigenvalue weighted by molar-refractivity contribution is -0.120. The van der Waals surface area contributed by atoms with Crippen LogP contribution >= 0.6 is 11.6 Å². The van der Waals surface area contributed by atoms with Gasteiger partial charge in [0.05, 0.1) is 0 Å². The molecular weight excluding hydrogens is 292 g/mol. The smallest absolute Gasteiger partial charge is 0.138 e. The van der Waals surface area contributed by atoms with Crippen molar-refractivity contribution in [3.8, 4) is 0 Å². The first-order valence-electron chi connectivity index (χ1n) is 8.07. The van der Waals surface area contributed by atoms with E-state index in [0.717, 1.165) is 29.7 Å². The van der Waals surface area contributed by atoms with Crippen molar-refractivity contribution < 1.29 is 4.79 Å². The number of allylic oxidation sites excluding steroid dienone is 2. The largest absolute Gasteiger partial charge is 0.299 e. The predicted octanol–water partition coefficient (Wildman–Crippen LogP) is 4.99. The molecule has 0 heterocycles. The van der Waals surface area contributed by atoms with E-state index in [9.17, 15) is 4.79 Å². The number of Topliss-reactive ketones (excluding diaryl/α,β-unsaturated/α-hetero) is 1. The van der Waals surface area contributed by atoms with E-state index < -0.39 is 0 Å². The summed E-state index contributed by atoms with van der Waals surface area (Å²) in [6, 6.07) is 10.6. The van der Waals surface area contributed by atoms with Crippen LogP contribution in [0.3, 0.4) is 0 Å². The van der Waals surface area contributed by atoms with Gasteiger partial charge in [-0.3, -0.25) is 4.79 Å². The predicted molar refractivity (Wildman–Crippen MR) is 89.4 cm³/mol. The molecule has 110 valence electrons. The van der Waals surface area contributed by atoms with E-state index >= 15 is 0 Å². The third kappa shape index (κ3) is 1.58. The van der Waals surface area contributed by atoms with Crippen LogP contribution in [0.1, 0.15) is 36.8 Å². The number of rotatable bonds is 0. The number of ketones is 1. The molecule has 0 N–H and O–H groups in total. The van der Waals surface area contributed by atoms with Crippen molar-refractivity contribution >= 4 is 28.2 Å². The van der Waals surface area contributed by atoms with Crippen LogP contribution in [0, 0.1) is 5.92 Å². The van der Waals surface area contributed by atoms with Gasteiger partial charge in [-0.25, -0.2) is 0 Å². The van der Waals surface area contributed by atoms with Crippen LogP contribution in [0.2, 0.25) is 5.02 Å².